The third-order valence-electron chi connectivity index (χ3n) is 4.97. The lowest BCUT2D eigenvalue weighted by atomic mass is 10.0. The molecular formula is C23H39NO2. The molecule has 0 aliphatic heterocycles. The van der Waals surface area contributed by atoms with Crippen LogP contribution in [0.4, 0.5) is 0 Å². The third-order valence-corrected chi connectivity index (χ3v) is 4.97. The van der Waals surface area contributed by atoms with Crippen LogP contribution in [0.5, 0.6) is 0 Å². The maximum absolute atomic E-state index is 12.0. The topological polar surface area (TPSA) is 49.3 Å². The summed E-state index contributed by atoms with van der Waals surface area (Å²) >= 11 is 0. The van der Waals surface area contributed by atoms with Gasteiger partial charge in [0.25, 0.3) is 0 Å². The first-order valence-electron chi connectivity index (χ1n) is 10.7. The van der Waals surface area contributed by atoms with E-state index in [9.17, 15) is 9.90 Å². The average molecular weight is 362 g/mol. The molecule has 0 fully saturated rings. The molecule has 0 spiro atoms. The zero-order valence-electron chi connectivity index (χ0n) is 16.7. The summed E-state index contributed by atoms with van der Waals surface area (Å²) in [6.45, 7) is 2.26. The van der Waals surface area contributed by atoms with Crippen LogP contribution in [-0.2, 0) is 11.2 Å². The first-order chi connectivity index (χ1) is 12.8. The lowest BCUT2D eigenvalue weighted by Gasteiger charge is -2.16. The van der Waals surface area contributed by atoms with Gasteiger partial charge in [0.2, 0.25) is 5.91 Å². The Balaban J connectivity index is 2.00. The maximum Gasteiger partial charge on any atom is 0.220 e. The number of aryl methyl sites for hydroxylation is 1. The minimum Gasteiger partial charge on any atom is -0.394 e. The lowest BCUT2D eigenvalue weighted by molar-refractivity contribution is -0.122. The van der Waals surface area contributed by atoms with Crippen molar-refractivity contribution in [2.24, 2.45) is 0 Å². The summed E-state index contributed by atoms with van der Waals surface area (Å²) in [4.78, 5) is 12.0. The van der Waals surface area contributed by atoms with Crippen LogP contribution in [0.25, 0.3) is 0 Å². The van der Waals surface area contributed by atoms with E-state index in [1.54, 1.807) is 0 Å². The van der Waals surface area contributed by atoms with Gasteiger partial charge in [-0.15, -0.1) is 0 Å². The van der Waals surface area contributed by atoms with E-state index < -0.39 is 0 Å². The molecule has 3 heteroatoms. The number of aliphatic hydroxyl groups is 1. The second-order valence-electron chi connectivity index (χ2n) is 7.40. The SMILES string of the molecule is CCCCCCCCCCCCC(=O)N[C@@H](CO)CCc1ccccc1. The number of rotatable bonds is 16. The van der Waals surface area contributed by atoms with E-state index in [1.807, 2.05) is 18.2 Å². The maximum atomic E-state index is 12.0. The predicted molar refractivity (Wildman–Crippen MR) is 110 cm³/mol. The molecule has 0 heterocycles. The molecule has 1 aromatic rings. The summed E-state index contributed by atoms with van der Waals surface area (Å²) < 4.78 is 0. The Hall–Kier alpha value is -1.35. The minimum absolute atomic E-state index is 0.0105. The van der Waals surface area contributed by atoms with Crippen LogP contribution < -0.4 is 5.32 Å². The van der Waals surface area contributed by atoms with E-state index in [4.69, 9.17) is 0 Å². The summed E-state index contributed by atoms with van der Waals surface area (Å²) in [5.74, 6) is 0.0803. The number of aliphatic hydroxyl groups excluding tert-OH is 1. The van der Waals surface area contributed by atoms with Crippen molar-refractivity contribution in [2.45, 2.75) is 96.4 Å². The highest BCUT2D eigenvalue weighted by atomic mass is 16.3. The Labute approximate surface area is 160 Å². The van der Waals surface area contributed by atoms with Crippen LogP contribution in [0, 0.1) is 0 Å². The van der Waals surface area contributed by atoms with Gasteiger partial charge in [-0.1, -0.05) is 95.0 Å². The fraction of sp³-hybridized carbons (Fsp3) is 0.696. The standard InChI is InChI=1S/C23H39NO2/c1-2-3-4-5-6-7-8-9-10-14-17-23(26)24-22(20-25)19-18-21-15-12-11-13-16-21/h11-13,15-16,22,25H,2-10,14,17-20H2,1H3,(H,24,26)/t22-/m1/s1. The highest BCUT2D eigenvalue weighted by molar-refractivity contribution is 5.76. The Morgan fingerprint density at radius 1 is 0.923 bits per heavy atom. The molecule has 148 valence electrons. The summed E-state index contributed by atoms with van der Waals surface area (Å²) in [6.07, 6.45) is 15.0. The lowest BCUT2D eigenvalue weighted by Crippen LogP contribution is -2.37. The third kappa shape index (κ3) is 12.1. The molecule has 1 atom stereocenters. The van der Waals surface area contributed by atoms with Gasteiger partial charge in [0, 0.05) is 6.42 Å². The molecule has 0 aliphatic carbocycles. The number of benzene rings is 1. The summed E-state index contributed by atoms with van der Waals surface area (Å²) in [5.41, 5.74) is 1.25. The molecule has 26 heavy (non-hydrogen) atoms. The highest BCUT2D eigenvalue weighted by Gasteiger charge is 2.11. The summed E-state index contributed by atoms with van der Waals surface area (Å²) in [7, 11) is 0. The van der Waals surface area contributed by atoms with Crippen LogP contribution in [-0.4, -0.2) is 23.7 Å². The molecule has 1 aromatic carbocycles. The summed E-state index contributed by atoms with van der Waals surface area (Å²) in [6, 6.07) is 10.1. The van der Waals surface area contributed by atoms with Crippen LogP contribution in [0.2, 0.25) is 0 Å². The molecule has 0 bridgehead atoms. The van der Waals surface area contributed by atoms with Crippen LogP contribution in [0.15, 0.2) is 30.3 Å². The largest absolute Gasteiger partial charge is 0.394 e. The number of amides is 1. The van der Waals surface area contributed by atoms with Crippen molar-refractivity contribution in [3.05, 3.63) is 35.9 Å². The fourth-order valence-electron chi connectivity index (χ4n) is 3.27. The number of carbonyl (C=O) groups is 1. The molecule has 0 radical (unpaired) electrons. The van der Waals surface area contributed by atoms with Gasteiger partial charge in [0.1, 0.15) is 0 Å². The van der Waals surface area contributed by atoms with Gasteiger partial charge in [-0.3, -0.25) is 4.79 Å². The molecular weight excluding hydrogens is 322 g/mol. The van der Waals surface area contributed by atoms with E-state index in [0.717, 1.165) is 25.7 Å². The van der Waals surface area contributed by atoms with Crippen molar-refractivity contribution in [1.29, 1.82) is 0 Å². The van der Waals surface area contributed by atoms with Crippen molar-refractivity contribution in [1.82, 2.24) is 5.32 Å². The molecule has 2 N–H and O–H groups in total. The van der Waals surface area contributed by atoms with E-state index in [1.165, 1.54) is 56.9 Å². The van der Waals surface area contributed by atoms with Gasteiger partial charge >= 0.3 is 0 Å². The zero-order valence-corrected chi connectivity index (χ0v) is 16.7. The van der Waals surface area contributed by atoms with Crippen LogP contribution in [0.1, 0.15) is 89.5 Å². The van der Waals surface area contributed by atoms with Crippen molar-refractivity contribution < 1.29 is 9.90 Å². The molecule has 0 aromatic heterocycles. The molecule has 0 aliphatic rings. The van der Waals surface area contributed by atoms with E-state index >= 15 is 0 Å². The zero-order chi connectivity index (χ0) is 18.9. The normalized spacial score (nSPS) is 12.1. The van der Waals surface area contributed by atoms with Gasteiger partial charge in [0.05, 0.1) is 12.6 Å². The molecule has 0 saturated heterocycles. The van der Waals surface area contributed by atoms with E-state index in [-0.39, 0.29) is 18.6 Å². The molecule has 1 rings (SSSR count). The van der Waals surface area contributed by atoms with Crippen LogP contribution >= 0.6 is 0 Å². The van der Waals surface area contributed by atoms with E-state index in [2.05, 4.69) is 24.4 Å². The van der Waals surface area contributed by atoms with Gasteiger partial charge in [-0.2, -0.15) is 0 Å². The molecule has 0 saturated carbocycles. The number of carbonyl (C=O) groups excluding carboxylic acids is 1. The number of hydrogen-bond donors (Lipinski definition) is 2. The quantitative estimate of drug-likeness (QED) is 0.387. The van der Waals surface area contributed by atoms with Crippen molar-refractivity contribution in [2.75, 3.05) is 6.61 Å². The molecule has 0 unspecified atom stereocenters. The first kappa shape index (κ1) is 22.7. The second kappa shape index (κ2) is 15.9. The Morgan fingerprint density at radius 2 is 1.50 bits per heavy atom. The van der Waals surface area contributed by atoms with Crippen molar-refractivity contribution in [3.63, 3.8) is 0 Å². The van der Waals surface area contributed by atoms with Crippen molar-refractivity contribution in [3.8, 4) is 0 Å². The van der Waals surface area contributed by atoms with Gasteiger partial charge in [0.15, 0.2) is 0 Å². The highest BCUT2D eigenvalue weighted by Crippen LogP contribution is 2.11. The first-order valence-corrected chi connectivity index (χ1v) is 10.7. The molecule has 3 nitrogen and oxygen atoms in total. The van der Waals surface area contributed by atoms with Crippen molar-refractivity contribution >= 4 is 5.91 Å². The van der Waals surface area contributed by atoms with Crippen LogP contribution in [0.3, 0.4) is 0 Å². The Kier molecular flexibility index (Phi) is 13.8. The second-order valence-corrected chi connectivity index (χ2v) is 7.40. The average Bonchev–Trinajstić information content (AvgIpc) is 2.67. The monoisotopic (exact) mass is 361 g/mol. The Morgan fingerprint density at radius 3 is 2.08 bits per heavy atom. The smallest absolute Gasteiger partial charge is 0.220 e. The van der Waals surface area contributed by atoms with Gasteiger partial charge in [-0.25, -0.2) is 0 Å². The number of nitrogens with one attached hydrogen (secondary N) is 1. The molecule has 1 amide bonds. The van der Waals surface area contributed by atoms with Gasteiger partial charge in [-0.05, 0) is 24.8 Å². The van der Waals surface area contributed by atoms with Gasteiger partial charge < -0.3 is 10.4 Å². The minimum atomic E-state index is -0.133. The van der Waals surface area contributed by atoms with E-state index in [0.29, 0.717) is 6.42 Å². The summed E-state index contributed by atoms with van der Waals surface area (Å²) in [5, 5.41) is 12.5. The fourth-order valence-corrected chi connectivity index (χ4v) is 3.27. The number of unbranched alkanes of at least 4 members (excludes halogenated alkanes) is 9. The predicted octanol–water partition coefficient (Wildman–Crippen LogP) is 5.41. The Bertz CT molecular complexity index is 447. The number of hydrogen-bond acceptors (Lipinski definition) is 2.